The summed E-state index contributed by atoms with van der Waals surface area (Å²) in [6.45, 7) is 7.49. The van der Waals surface area contributed by atoms with Crippen molar-refractivity contribution < 1.29 is 9.53 Å². The summed E-state index contributed by atoms with van der Waals surface area (Å²) in [5.74, 6) is 0. The van der Waals surface area contributed by atoms with Crippen LogP contribution in [0.15, 0.2) is 18.2 Å². The molecule has 1 amide bonds. The molecule has 0 spiro atoms. The lowest BCUT2D eigenvalue weighted by Crippen LogP contribution is -2.44. The molecule has 1 N–H and O–H groups in total. The van der Waals surface area contributed by atoms with Gasteiger partial charge in [0, 0.05) is 36.5 Å². The SMILES string of the molecule is CC(C)(C)NC(=O)OC1CCN(c2nc3ccc(Cl)cc3s2)CC1. The number of benzene rings is 1. The summed E-state index contributed by atoms with van der Waals surface area (Å²) in [7, 11) is 0. The molecule has 0 aliphatic carbocycles. The van der Waals surface area contributed by atoms with Crippen molar-refractivity contribution in [1.82, 2.24) is 10.3 Å². The van der Waals surface area contributed by atoms with Crippen LogP contribution in [0.5, 0.6) is 0 Å². The van der Waals surface area contributed by atoms with Gasteiger partial charge < -0.3 is 15.0 Å². The van der Waals surface area contributed by atoms with Crippen molar-refractivity contribution in [3.8, 4) is 0 Å². The van der Waals surface area contributed by atoms with E-state index in [0.717, 1.165) is 46.3 Å². The highest BCUT2D eigenvalue weighted by Gasteiger charge is 2.25. The average molecular weight is 368 g/mol. The van der Waals surface area contributed by atoms with Gasteiger partial charge in [0.05, 0.1) is 10.2 Å². The van der Waals surface area contributed by atoms with E-state index in [9.17, 15) is 4.79 Å². The molecule has 0 atom stereocenters. The number of thiazole rings is 1. The van der Waals surface area contributed by atoms with Crippen molar-refractivity contribution in [2.45, 2.75) is 45.3 Å². The minimum Gasteiger partial charge on any atom is -0.446 e. The molecule has 24 heavy (non-hydrogen) atoms. The second-order valence-electron chi connectivity index (χ2n) is 7.08. The van der Waals surface area contributed by atoms with E-state index in [1.54, 1.807) is 11.3 Å². The van der Waals surface area contributed by atoms with Crippen LogP contribution in [-0.4, -0.2) is 35.8 Å². The van der Waals surface area contributed by atoms with Gasteiger partial charge in [-0.15, -0.1) is 0 Å². The molecule has 0 unspecified atom stereocenters. The molecule has 3 rings (SSSR count). The Bertz CT molecular complexity index is 733. The maximum absolute atomic E-state index is 11.9. The lowest BCUT2D eigenvalue weighted by Gasteiger charge is -2.32. The number of halogens is 1. The van der Waals surface area contributed by atoms with E-state index in [0.29, 0.717) is 0 Å². The van der Waals surface area contributed by atoms with Crippen LogP contribution in [0.2, 0.25) is 5.02 Å². The highest BCUT2D eigenvalue weighted by atomic mass is 35.5. The molecule has 130 valence electrons. The van der Waals surface area contributed by atoms with E-state index >= 15 is 0 Å². The van der Waals surface area contributed by atoms with E-state index in [-0.39, 0.29) is 17.7 Å². The molecule has 0 saturated carbocycles. The van der Waals surface area contributed by atoms with Gasteiger partial charge in [-0.05, 0) is 39.0 Å². The quantitative estimate of drug-likeness (QED) is 0.852. The molecule has 2 aromatic rings. The van der Waals surface area contributed by atoms with Gasteiger partial charge >= 0.3 is 6.09 Å². The summed E-state index contributed by atoms with van der Waals surface area (Å²) in [6, 6.07) is 5.76. The minimum atomic E-state index is -0.337. The van der Waals surface area contributed by atoms with Crippen LogP contribution < -0.4 is 10.2 Å². The van der Waals surface area contributed by atoms with Crippen molar-refractivity contribution in [2.75, 3.05) is 18.0 Å². The fourth-order valence-electron chi connectivity index (χ4n) is 2.67. The Kier molecular flexibility index (Phi) is 4.88. The summed E-state index contributed by atoms with van der Waals surface area (Å²) in [5.41, 5.74) is 0.697. The molecule has 7 heteroatoms. The van der Waals surface area contributed by atoms with Crippen LogP contribution in [0.4, 0.5) is 9.93 Å². The zero-order valence-corrected chi connectivity index (χ0v) is 15.7. The standard InChI is InChI=1S/C17H22ClN3O2S/c1-17(2,3)20-16(22)23-12-6-8-21(9-7-12)15-19-13-5-4-11(18)10-14(13)24-15/h4-5,10,12H,6-9H2,1-3H3,(H,20,22). The molecular formula is C17H22ClN3O2S. The monoisotopic (exact) mass is 367 g/mol. The van der Waals surface area contributed by atoms with Gasteiger partial charge in [0.15, 0.2) is 5.13 Å². The van der Waals surface area contributed by atoms with Gasteiger partial charge in [-0.25, -0.2) is 9.78 Å². The second kappa shape index (κ2) is 6.76. The third-order valence-electron chi connectivity index (χ3n) is 3.80. The van der Waals surface area contributed by atoms with E-state index in [1.165, 1.54) is 0 Å². The van der Waals surface area contributed by atoms with Crippen LogP contribution in [0.25, 0.3) is 10.2 Å². The van der Waals surface area contributed by atoms with Gasteiger partial charge in [-0.3, -0.25) is 0 Å². The van der Waals surface area contributed by atoms with Crippen LogP contribution in [0, 0.1) is 0 Å². The molecule has 2 heterocycles. The number of amides is 1. The maximum Gasteiger partial charge on any atom is 0.407 e. The largest absolute Gasteiger partial charge is 0.446 e. The van der Waals surface area contributed by atoms with Gasteiger partial charge in [0.2, 0.25) is 0 Å². The lowest BCUT2D eigenvalue weighted by atomic mass is 10.1. The summed E-state index contributed by atoms with van der Waals surface area (Å²) in [4.78, 5) is 18.8. The van der Waals surface area contributed by atoms with E-state index < -0.39 is 0 Å². The normalized spacial score (nSPS) is 16.4. The van der Waals surface area contributed by atoms with Crippen molar-refractivity contribution in [3.63, 3.8) is 0 Å². The third kappa shape index (κ3) is 4.30. The lowest BCUT2D eigenvalue weighted by molar-refractivity contribution is 0.0777. The molecular weight excluding hydrogens is 346 g/mol. The number of piperidine rings is 1. The zero-order chi connectivity index (χ0) is 17.3. The highest BCUT2D eigenvalue weighted by molar-refractivity contribution is 7.22. The first-order chi connectivity index (χ1) is 11.3. The molecule has 1 saturated heterocycles. The Morgan fingerprint density at radius 1 is 1.38 bits per heavy atom. The molecule has 1 fully saturated rings. The van der Waals surface area contributed by atoms with Crippen LogP contribution in [-0.2, 0) is 4.74 Å². The number of nitrogens with zero attached hydrogens (tertiary/aromatic N) is 2. The molecule has 1 aromatic carbocycles. The average Bonchev–Trinajstić information content (AvgIpc) is 2.89. The second-order valence-corrected chi connectivity index (χ2v) is 8.52. The number of carbonyl (C=O) groups is 1. The highest BCUT2D eigenvalue weighted by Crippen LogP contribution is 2.32. The van der Waals surface area contributed by atoms with Crippen LogP contribution in [0.3, 0.4) is 0 Å². The van der Waals surface area contributed by atoms with Crippen molar-refractivity contribution in [2.24, 2.45) is 0 Å². The third-order valence-corrected chi connectivity index (χ3v) is 5.12. The number of rotatable bonds is 2. The Balaban J connectivity index is 1.57. The van der Waals surface area contributed by atoms with Gasteiger partial charge in [-0.2, -0.15) is 0 Å². The Hall–Kier alpha value is -1.53. The van der Waals surface area contributed by atoms with E-state index in [2.05, 4.69) is 15.2 Å². The molecule has 1 aromatic heterocycles. The minimum absolute atomic E-state index is 0.0348. The summed E-state index contributed by atoms with van der Waals surface area (Å²) < 4.78 is 6.61. The molecule has 0 radical (unpaired) electrons. The maximum atomic E-state index is 11.9. The Morgan fingerprint density at radius 3 is 2.75 bits per heavy atom. The van der Waals surface area contributed by atoms with Crippen molar-refractivity contribution in [1.29, 1.82) is 0 Å². The fourth-order valence-corrected chi connectivity index (χ4v) is 3.97. The number of carbonyl (C=O) groups excluding carboxylic acids is 1. The van der Waals surface area contributed by atoms with Gasteiger partial charge in [-0.1, -0.05) is 22.9 Å². The Labute approximate surface area is 151 Å². The number of fused-ring (bicyclic) bond motifs is 1. The van der Waals surface area contributed by atoms with E-state index in [1.807, 2.05) is 39.0 Å². The fraction of sp³-hybridized carbons (Fsp3) is 0.529. The first-order valence-corrected chi connectivity index (χ1v) is 9.29. The molecule has 1 aliphatic rings. The number of hydrogen-bond donors (Lipinski definition) is 1. The molecule has 1 aliphatic heterocycles. The number of ether oxygens (including phenoxy) is 1. The number of nitrogens with one attached hydrogen (secondary N) is 1. The molecule has 0 bridgehead atoms. The topological polar surface area (TPSA) is 54.5 Å². The molecule has 5 nitrogen and oxygen atoms in total. The summed E-state index contributed by atoms with van der Waals surface area (Å²) >= 11 is 7.69. The predicted octanol–water partition coefficient (Wildman–Crippen LogP) is 4.44. The van der Waals surface area contributed by atoms with Crippen molar-refractivity contribution >= 4 is 44.4 Å². The summed E-state index contributed by atoms with van der Waals surface area (Å²) in [5, 5.41) is 4.57. The first kappa shape index (κ1) is 17.3. The zero-order valence-electron chi connectivity index (χ0n) is 14.1. The van der Waals surface area contributed by atoms with Gasteiger partial charge in [0.1, 0.15) is 6.10 Å². The first-order valence-electron chi connectivity index (χ1n) is 8.10. The Morgan fingerprint density at radius 2 is 2.08 bits per heavy atom. The van der Waals surface area contributed by atoms with E-state index in [4.69, 9.17) is 16.3 Å². The number of anilines is 1. The number of aromatic nitrogens is 1. The predicted molar refractivity (Wildman–Crippen MR) is 99.2 cm³/mol. The van der Waals surface area contributed by atoms with Gasteiger partial charge in [0.25, 0.3) is 0 Å². The smallest absolute Gasteiger partial charge is 0.407 e. The number of hydrogen-bond acceptors (Lipinski definition) is 5. The summed E-state index contributed by atoms with van der Waals surface area (Å²) in [6.07, 6.45) is 1.26. The van der Waals surface area contributed by atoms with Crippen molar-refractivity contribution in [3.05, 3.63) is 23.2 Å². The van der Waals surface area contributed by atoms with Crippen LogP contribution >= 0.6 is 22.9 Å². The van der Waals surface area contributed by atoms with Crippen LogP contribution in [0.1, 0.15) is 33.6 Å². The number of alkyl carbamates (subject to hydrolysis) is 1.